The van der Waals surface area contributed by atoms with E-state index in [4.69, 9.17) is 4.74 Å². The Balaban J connectivity index is 1.40. The number of nitrogens with zero attached hydrogens (tertiary/aromatic N) is 5. The molecule has 0 bridgehead atoms. The monoisotopic (exact) mass is 363 g/mol. The fourth-order valence-corrected chi connectivity index (χ4v) is 3.04. The Kier molecular flexibility index (Phi) is 4.61. The first-order valence-electron chi connectivity index (χ1n) is 8.57. The smallest absolute Gasteiger partial charge is 0.311 e. The van der Waals surface area contributed by atoms with Crippen molar-refractivity contribution in [1.82, 2.24) is 20.2 Å². The Morgan fingerprint density at radius 1 is 1.04 bits per heavy atom. The fourth-order valence-electron chi connectivity index (χ4n) is 3.04. The van der Waals surface area contributed by atoms with Gasteiger partial charge in [-0.3, -0.25) is 9.59 Å². The highest BCUT2D eigenvalue weighted by molar-refractivity contribution is 5.99. The highest BCUT2D eigenvalue weighted by atomic mass is 16.5. The molecular weight excluding hydrogens is 346 g/mol. The van der Waals surface area contributed by atoms with E-state index in [9.17, 15) is 9.59 Å². The minimum Gasteiger partial charge on any atom is -0.457 e. The number of benzene rings is 2. The second-order valence-electron chi connectivity index (χ2n) is 6.19. The molecule has 0 spiro atoms. The van der Waals surface area contributed by atoms with Crippen LogP contribution in [0.5, 0.6) is 0 Å². The van der Waals surface area contributed by atoms with Gasteiger partial charge in [-0.1, -0.05) is 36.4 Å². The highest BCUT2D eigenvalue weighted by Crippen LogP contribution is 2.25. The average Bonchev–Trinajstić information content (AvgIpc) is 3.34. The van der Waals surface area contributed by atoms with Crippen molar-refractivity contribution in [3.05, 3.63) is 66.5 Å². The number of anilines is 1. The summed E-state index contributed by atoms with van der Waals surface area (Å²) < 4.78 is 6.90. The summed E-state index contributed by atoms with van der Waals surface area (Å²) in [6, 6.07) is 18.6. The summed E-state index contributed by atoms with van der Waals surface area (Å²) in [6.07, 6.45) is 0.136. The van der Waals surface area contributed by atoms with Gasteiger partial charge >= 0.3 is 5.97 Å². The van der Waals surface area contributed by atoms with Gasteiger partial charge in [0.15, 0.2) is 12.4 Å². The maximum atomic E-state index is 12.4. The summed E-state index contributed by atoms with van der Waals surface area (Å²) >= 11 is 0. The number of tetrazole rings is 1. The predicted molar refractivity (Wildman–Crippen MR) is 95.9 cm³/mol. The largest absolute Gasteiger partial charge is 0.457 e. The zero-order valence-corrected chi connectivity index (χ0v) is 14.4. The van der Waals surface area contributed by atoms with E-state index in [0.717, 1.165) is 11.4 Å². The van der Waals surface area contributed by atoms with Gasteiger partial charge in [-0.25, -0.2) is 0 Å². The van der Waals surface area contributed by atoms with Crippen LogP contribution in [0.4, 0.5) is 5.69 Å². The van der Waals surface area contributed by atoms with Crippen LogP contribution in [0.25, 0.3) is 5.69 Å². The number of amides is 1. The molecule has 1 aromatic heterocycles. The van der Waals surface area contributed by atoms with Crippen molar-refractivity contribution in [3.8, 4) is 5.69 Å². The van der Waals surface area contributed by atoms with Crippen LogP contribution in [0.2, 0.25) is 0 Å². The van der Waals surface area contributed by atoms with E-state index in [1.807, 2.05) is 60.7 Å². The molecule has 2 heterocycles. The Hall–Kier alpha value is -3.55. The molecule has 1 fully saturated rings. The SMILES string of the molecule is O=C(OCc1nnnn1-c1ccccc1)[C@H]1CC(=O)N(c2ccccc2)C1. The number of carbonyl (C=O) groups is 2. The van der Waals surface area contributed by atoms with Crippen molar-refractivity contribution in [2.45, 2.75) is 13.0 Å². The molecule has 4 rings (SSSR count). The van der Waals surface area contributed by atoms with E-state index < -0.39 is 11.9 Å². The molecule has 1 aliphatic rings. The molecule has 0 radical (unpaired) electrons. The Labute approximate surface area is 155 Å². The van der Waals surface area contributed by atoms with E-state index in [1.165, 1.54) is 4.68 Å². The molecule has 0 aliphatic carbocycles. The molecule has 3 aromatic rings. The minimum absolute atomic E-state index is 0.0588. The number of rotatable bonds is 5. The van der Waals surface area contributed by atoms with Crippen molar-refractivity contribution in [3.63, 3.8) is 0 Å². The number of esters is 1. The average molecular weight is 363 g/mol. The summed E-state index contributed by atoms with van der Waals surface area (Å²) in [5.41, 5.74) is 1.56. The number of hydrogen-bond donors (Lipinski definition) is 0. The highest BCUT2D eigenvalue weighted by Gasteiger charge is 2.36. The molecule has 1 saturated heterocycles. The summed E-state index contributed by atoms with van der Waals surface area (Å²) in [7, 11) is 0. The second kappa shape index (κ2) is 7.36. The normalized spacial score (nSPS) is 16.5. The number of ether oxygens (including phenoxy) is 1. The van der Waals surface area contributed by atoms with E-state index in [1.54, 1.807) is 4.90 Å². The fraction of sp³-hybridized carbons (Fsp3) is 0.211. The van der Waals surface area contributed by atoms with Crippen LogP contribution in [-0.2, 0) is 20.9 Å². The van der Waals surface area contributed by atoms with Crippen molar-refractivity contribution in [2.24, 2.45) is 5.92 Å². The van der Waals surface area contributed by atoms with E-state index in [2.05, 4.69) is 15.5 Å². The maximum Gasteiger partial charge on any atom is 0.311 e. The van der Waals surface area contributed by atoms with Crippen LogP contribution in [0.3, 0.4) is 0 Å². The molecular formula is C19H17N5O3. The van der Waals surface area contributed by atoms with Crippen molar-refractivity contribution in [2.75, 3.05) is 11.4 Å². The van der Waals surface area contributed by atoms with Gasteiger partial charge in [-0.15, -0.1) is 5.10 Å². The summed E-state index contributed by atoms with van der Waals surface area (Å²) in [6.45, 7) is 0.252. The van der Waals surface area contributed by atoms with Crippen LogP contribution in [-0.4, -0.2) is 38.6 Å². The van der Waals surface area contributed by atoms with Gasteiger partial charge in [-0.2, -0.15) is 4.68 Å². The first-order chi connectivity index (χ1) is 13.2. The number of hydrogen-bond acceptors (Lipinski definition) is 6. The summed E-state index contributed by atoms with van der Waals surface area (Å²) in [4.78, 5) is 26.3. The van der Waals surface area contributed by atoms with E-state index in [0.29, 0.717) is 12.4 Å². The molecule has 0 N–H and O–H groups in total. The first-order valence-corrected chi connectivity index (χ1v) is 8.57. The lowest BCUT2D eigenvalue weighted by Gasteiger charge is -2.16. The lowest BCUT2D eigenvalue weighted by molar-refractivity contribution is -0.150. The molecule has 2 aromatic carbocycles. The summed E-state index contributed by atoms with van der Waals surface area (Å²) in [5.74, 6) is -0.598. The van der Waals surface area contributed by atoms with E-state index in [-0.39, 0.29) is 18.9 Å². The third kappa shape index (κ3) is 3.55. The van der Waals surface area contributed by atoms with Crippen LogP contribution < -0.4 is 4.90 Å². The van der Waals surface area contributed by atoms with Crippen LogP contribution >= 0.6 is 0 Å². The Bertz CT molecular complexity index is 942. The molecule has 0 unspecified atom stereocenters. The van der Waals surface area contributed by atoms with Crippen molar-refractivity contribution < 1.29 is 14.3 Å². The molecule has 1 aliphatic heterocycles. The lowest BCUT2D eigenvalue weighted by atomic mass is 10.1. The predicted octanol–water partition coefficient (Wildman–Crippen LogP) is 1.76. The lowest BCUT2D eigenvalue weighted by Crippen LogP contribution is -2.26. The van der Waals surface area contributed by atoms with Gasteiger partial charge in [0.25, 0.3) is 0 Å². The molecule has 1 atom stereocenters. The van der Waals surface area contributed by atoms with Crippen LogP contribution in [0, 0.1) is 5.92 Å². The zero-order chi connectivity index (χ0) is 18.6. The Morgan fingerprint density at radius 3 is 2.41 bits per heavy atom. The number of para-hydroxylation sites is 2. The van der Waals surface area contributed by atoms with E-state index >= 15 is 0 Å². The molecule has 8 heteroatoms. The Morgan fingerprint density at radius 2 is 1.70 bits per heavy atom. The van der Waals surface area contributed by atoms with Crippen molar-refractivity contribution >= 4 is 17.6 Å². The summed E-state index contributed by atoms with van der Waals surface area (Å²) in [5, 5.41) is 11.5. The van der Waals surface area contributed by atoms with Gasteiger partial charge in [-0.05, 0) is 34.7 Å². The molecule has 0 saturated carbocycles. The standard InChI is InChI=1S/C19H17N5O3/c25-18-11-14(12-23(18)15-7-3-1-4-8-15)19(26)27-13-17-20-21-22-24(17)16-9-5-2-6-10-16/h1-10,14H,11-13H2/t14-/m0/s1. The topological polar surface area (TPSA) is 90.2 Å². The number of carbonyl (C=O) groups excluding carboxylic acids is 2. The maximum absolute atomic E-state index is 12.4. The molecule has 27 heavy (non-hydrogen) atoms. The quantitative estimate of drug-likeness (QED) is 0.642. The van der Waals surface area contributed by atoms with Gasteiger partial charge in [0.1, 0.15) is 0 Å². The van der Waals surface area contributed by atoms with Gasteiger partial charge in [0.05, 0.1) is 11.6 Å². The minimum atomic E-state index is -0.501. The molecule has 136 valence electrons. The van der Waals surface area contributed by atoms with Gasteiger partial charge < -0.3 is 9.64 Å². The van der Waals surface area contributed by atoms with Crippen LogP contribution in [0.1, 0.15) is 12.2 Å². The zero-order valence-electron chi connectivity index (χ0n) is 14.4. The first kappa shape index (κ1) is 16.9. The third-order valence-corrected chi connectivity index (χ3v) is 4.40. The van der Waals surface area contributed by atoms with Gasteiger partial charge in [0, 0.05) is 18.7 Å². The number of aromatic nitrogens is 4. The van der Waals surface area contributed by atoms with Gasteiger partial charge in [0.2, 0.25) is 5.91 Å². The molecule has 8 nitrogen and oxygen atoms in total. The molecule has 1 amide bonds. The second-order valence-corrected chi connectivity index (χ2v) is 6.19. The van der Waals surface area contributed by atoms with Crippen molar-refractivity contribution in [1.29, 1.82) is 0 Å². The van der Waals surface area contributed by atoms with Crippen LogP contribution in [0.15, 0.2) is 60.7 Å². The third-order valence-electron chi connectivity index (χ3n) is 4.40.